The molecule has 7 heteroatoms. The van der Waals surface area contributed by atoms with Crippen molar-refractivity contribution in [3.8, 4) is 11.5 Å². The highest BCUT2D eigenvalue weighted by Crippen LogP contribution is 2.31. The molecule has 2 saturated heterocycles. The SMILES string of the molecule is C=CCc1cc(S(=O)(=O)c2ccc(OCC3CO3)c(CC=C)c2)ccc1OCC1CO1. The smallest absolute Gasteiger partial charge is 0.206 e. The molecule has 2 unspecified atom stereocenters. The number of sulfone groups is 1. The van der Waals surface area contributed by atoms with Crippen molar-refractivity contribution in [2.24, 2.45) is 0 Å². The minimum absolute atomic E-state index is 0.121. The Kier molecular flexibility index (Phi) is 6.46. The maximum atomic E-state index is 13.3. The molecule has 0 spiro atoms. The van der Waals surface area contributed by atoms with Crippen LogP contribution in [-0.2, 0) is 32.2 Å². The zero-order chi connectivity index (χ0) is 21.8. The van der Waals surface area contributed by atoms with Gasteiger partial charge in [0.25, 0.3) is 0 Å². The molecule has 2 heterocycles. The van der Waals surface area contributed by atoms with Crippen LogP contribution in [0.1, 0.15) is 11.1 Å². The number of allylic oxidation sites excluding steroid dienone is 2. The van der Waals surface area contributed by atoms with Crippen molar-refractivity contribution >= 4 is 9.84 Å². The second-order valence-corrected chi connectivity index (χ2v) is 9.51. The maximum Gasteiger partial charge on any atom is 0.206 e. The Labute approximate surface area is 183 Å². The van der Waals surface area contributed by atoms with E-state index in [2.05, 4.69) is 13.2 Å². The highest BCUT2D eigenvalue weighted by atomic mass is 32.2. The minimum Gasteiger partial charge on any atom is -0.490 e. The van der Waals surface area contributed by atoms with E-state index in [1.807, 2.05) is 0 Å². The van der Waals surface area contributed by atoms with Crippen LogP contribution in [-0.4, -0.2) is 47.1 Å². The van der Waals surface area contributed by atoms with Gasteiger partial charge in [0.1, 0.15) is 36.9 Å². The van der Waals surface area contributed by atoms with E-state index in [0.29, 0.717) is 50.8 Å². The van der Waals surface area contributed by atoms with E-state index in [1.165, 1.54) is 0 Å². The lowest BCUT2D eigenvalue weighted by Crippen LogP contribution is -2.09. The Hall–Kier alpha value is -2.61. The van der Waals surface area contributed by atoms with Crippen LogP contribution in [0.4, 0.5) is 0 Å². The maximum absolute atomic E-state index is 13.3. The van der Waals surface area contributed by atoms with Crippen LogP contribution >= 0.6 is 0 Å². The first-order chi connectivity index (χ1) is 15.0. The third-order valence-corrected chi connectivity index (χ3v) is 6.82. The quantitative estimate of drug-likeness (QED) is 0.370. The molecule has 2 aromatic rings. The van der Waals surface area contributed by atoms with Gasteiger partial charge in [-0.05, 0) is 60.4 Å². The molecule has 0 bridgehead atoms. The number of epoxide rings is 2. The molecule has 2 fully saturated rings. The van der Waals surface area contributed by atoms with Crippen molar-refractivity contribution in [2.75, 3.05) is 26.4 Å². The van der Waals surface area contributed by atoms with Crippen LogP contribution in [0.3, 0.4) is 0 Å². The number of hydrogen-bond acceptors (Lipinski definition) is 6. The minimum atomic E-state index is -3.72. The van der Waals surface area contributed by atoms with Crippen LogP contribution in [0.15, 0.2) is 71.5 Å². The summed E-state index contributed by atoms with van der Waals surface area (Å²) in [6, 6.07) is 9.86. The third kappa shape index (κ3) is 5.36. The summed E-state index contributed by atoms with van der Waals surface area (Å²) in [5.74, 6) is 1.29. The topological polar surface area (TPSA) is 77.7 Å². The summed E-state index contributed by atoms with van der Waals surface area (Å²) in [5.41, 5.74) is 1.54. The zero-order valence-corrected chi connectivity index (χ0v) is 18.1. The molecule has 0 radical (unpaired) electrons. The van der Waals surface area contributed by atoms with Crippen LogP contribution in [0.2, 0.25) is 0 Å². The van der Waals surface area contributed by atoms with E-state index in [0.717, 1.165) is 11.1 Å². The van der Waals surface area contributed by atoms with Crippen molar-refractivity contribution in [1.82, 2.24) is 0 Å². The fraction of sp³-hybridized carbons (Fsp3) is 0.333. The lowest BCUT2D eigenvalue weighted by atomic mass is 10.1. The summed E-state index contributed by atoms with van der Waals surface area (Å²) in [5, 5.41) is 0. The number of ether oxygens (including phenoxy) is 4. The summed E-state index contributed by atoms with van der Waals surface area (Å²) in [6.45, 7) is 9.84. The summed E-state index contributed by atoms with van der Waals surface area (Å²) >= 11 is 0. The highest BCUT2D eigenvalue weighted by molar-refractivity contribution is 7.91. The van der Waals surface area contributed by atoms with Gasteiger partial charge in [0.05, 0.1) is 23.0 Å². The lowest BCUT2D eigenvalue weighted by molar-refractivity contribution is 0.261. The molecule has 2 aliphatic heterocycles. The molecule has 2 atom stereocenters. The van der Waals surface area contributed by atoms with Gasteiger partial charge in [-0.25, -0.2) is 8.42 Å². The van der Waals surface area contributed by atoms with Gasteiger partial charge in [-0.1, -0.05) is 12.2 Å². The molecule has 4 rings (SSSR count). The zero-order valence-electron chi connectivity index (χ0n) is 17.3. The molecule has 0 aromatic heterocycles. The van der Waals surface area contributed by atoms with Gasteiger partial charge in [-0.2, -0.15) is 0 Å². The number of rotatable bonds is 12. The summed E-state index contributed by atoms with van der Waals surface area (Å²) < 4.78 is 48.6. The Morgan fingerprint density at radius 2 is 1.26 bits per heavy atom. The fourth-order valence-electron chi connectivity index (χ4n) is 3.19. The van der Waals surface area contributed by atoms with E-state index in [1.54, 1.807) is 48.6 Å². The molecule has 6 nitrogen and oxygen atoms in total. The Bertz CT molecular complexity index is 988. The first-order valence-electron chi connectivity index (χ1n) is 10.2. The second-order valence-electron chi connectivity index (χ2n) is 7.56. The van der Waals surface area contributed by atoms with Gasteiger partial charge < -0.3 is 18.9 Å². The lowest BCUT2D eigenvalue weighted by Gasteiger charge is -2.14. The monoisotopic (exact) mass is 442 g/mol. The highest BCUT2D eigenvalue weighted by Gasteiger charge is 2.26. The third-order valence-electron chi connectivity index (χ3n) is 5.07. The van der Waals surface area contributed by atoms with Crippen molar-refractivity contribution < 1.29 is 27.4 Å². The molecule has 0 aliphatic carbocycles. The van der Waals surface area contributed by atoms with E-state index in [4.69, 9.17) is 18.9 Å². The predicted molar refractivity (Wildman–Crippen MR) is 117 cm³/mol. The molecule has 2 aliphatic rings. The van der Waals surface area contributed by atoms with Crippen molar-refractivity contribution in [3.05, 3.63) is 72.8 Å². The van der Waals surface area contributed by atoms with Gasteiger partial charge in [0.2, 0.25) is 9.84 Å². The Morgan fingerprint density at radius 3 is 1.61 bits per heavy atom. The van der Waals surface area contributed by atoms with E-state index in [9.17, 15) is 8.42 Å². The normalized spacial score (nSPS) is 19.5. The van der Waals surface area contributed by atoms with Crippen LogP contribution in [0.5, 0.6) is 11.5 Å². The van der Waals surface area contributed by atoms with E-state index < -0.39 is 9.84 Å². The van der Waals surface area contributed by atoms with E-state index >= 15 is 0 Å². The summed E-state index contributed by atoms with van der Waals surface area (Å²) in [6.07, 6.45) is 4.70. The predicted octanol–water partition coefficient (Wildman–Crippen LogP) is 3.53. The van der Waals surface area contributed by atoms with E-state index in [-0.39, 0.29) is 22.0 Å². The average molecular weight is 443 g/mol. The molecule has 164 valence electrons. The van der Waals surface area contributed by atoms with Crippen molar-refractivity contribution in [3.63, 3.8) is 0 Å². The number of hydrogen-bond donors (Lipinski definition) is 0. The van der Waals surface area contributed by atoms with Crippen molar-refractivity contribution in [1.29, 1.82) is 0 Å². The molecule has 2 aromatic carbocycles. The average Bonchev–Trinajstić information content (AvgIpc) is 3.67. The van der Waals surface area contributed by atoms with Crippen LogP contribution in [0, 0.1) is 0 Å². The van der Waals surface area contributed by atoms with Crippen molar-refractivity contribution in [2.45, 2.75) is 34.8 Å². The Morgan fingerprint density at radius 1 is 0.839 bits per heavy atom. The summed E-state index contributed by atoms with van der Waals surface area (Å²) in [4.78, 5) is 0.424. The first kappa shape index (κ1) is 21.6. The fourth-order valence-corrected chi connectivity index (χ4v) is 4.55. The molecular formula is C24H26O6S. The molecule has 0 amide bonds. The van der Waals surface area contributed by atoms with Gasteiger partial charge in [0, 0.05) is 0 Å². The van der Waals surface area contributed by atoms with Crippen LogP contribution < -0.4 is 9.47 Å². The standard InChI is InChI=1S/C24H26O6S/c1-3-5-17-11-21(7-9-23(17)29-15-19-13-27-19)31(25,26)22-8-10-24(18(12-22)6-4-2)30-16-20-14-28-20/h3-4,7-12,19-20H,1-2,5-6,13-16H2. The van der Waals surface area contributed by atoms with Gasteiger partial charge in [0.15, 0.2) is 0 Å². The van der Waals surface area contributed by atoms with Gasteiger partial charge in [-0.15, -0.1) is 13.2 Å². The second kappa shape index (κ2) is 9.26. The molecule has 0 saturated carbocycles. The number of benzene rings is 2. The molecular weight excluding hydrogens is 416 g/mol. The van der Waals surface area contributed by atoms with Gasteiger partial charge >= 0.3 is 0 Å². The summed E-state index contributed by atoms with van der Waals surface area (Å²) in [7, 11) is -3.72. The Balaban J connectivity index is 1.61. The largest absolute Gasteiger partial charge is 0.490 e. The van der Waals surface area contributed by atoms with Crippen LogP contribution in [0.25, 0.3) is 0 Å². The molecule has 0 N–H and O–H groups in total. The first-order valence-corrected chi connectivity index (χ1v) is 11.7. The van der Waals surface area contributed by atoms with Gasteiger partial charge in [-0.3, -0.25) is 0 Å². The molecule has 31 heavy (non-hydrogen) atoms.